The Morgan fingerprint density at radius 1 is 0.174 bits per heavy atom. The van der Waals surface area contributed by atoms with Gasteiger partial charge in [-0.05, 0) is 182 Å². The number of aromatic nitrogens is 10. The summed E-state index contributed by atoms with van der Waals surface area (Å²) in [5.74, 6) is 0.721. The highest BCUT2D eigenvalue weighted by molar-refractivity contribution is 7.26. The number of benzene rings is 22. The van der Waals surface area contributed by atoms with Crippen molar-refractivity contribution in [1.82, 2.24) is 48.2 Å². The molecule has 0 saturated carbocycles. The molecular weight excluding hydrogens is 1790 g/mol. The van der Waals surface area contributed by atoms with Crippen LogP contribution >= 0.6 is 22.7 Å². The molecule has 670 valence electrons. The van der Waals surface area contributed by atoms with Crippen molar-refractivity contribution in [2.75, 3.05) is 0 Å². The second-order valence-corrected chi connectivity index (χ2v) is 39.1. The normalized spacial score (nSPS) is 11.9. The van der Waals surface area contributed by atoms with Gasteiger partial charge in [0.2, 0.25) is 0 Å². The zero-order chi connectivity index (χ0) is 94.6. The number of thiophene rings is 2. The quantitative estimate of drug-likeness (QED) is 0.135. The van der Waals surface area contributed by atoms with Gasteiger partial charge in [0, 0.05) is 146 Å². The van der Waals surface area contributed by atoms with Crippen molar-refractivity contribution in [2.45, 2.75) is 0 Å². The van der Waals surface area contributed by atoms with Gasteiger partial charge in [0.15, 0.2) is 5.82 Å². The summed E-state index contributed by atoms with van der Waals surface area (Å²) in [5, 5.41) is 23.7. The Hall–Kier alpha value is -18.7. The summed E-state index contributed by atoms with van der Waals surface area (Å²) in [4.78, 5) is 30.0. The van der Waals surface area contributed by atoms with E-state index in [1.807, 2.05) is 59.1 Å². The van der Waals surface area contributed by atoms with Crippen LogP contribution in [-0.2, 0) is 0 Å². The van der Waals surface area contributed by atoms with Crippen molar-refractivity contribution in [3.05, 3.63) is 486 Å². The third-order valence-corrected chi connectivity index (χ3v) is 31.4. The summed E-state index contributed by atoms with van der Waals surface area (Å²) in [7, 11) is 0. The molecule has 22 aromatic carbocycles. The number of hydrogen-bond donors (Lipinski definition) is 0. The van der Waals surface area contributed by atoms with E-state index < -0.39 is 0 Å². The molecule has 144 heavy (non-hydrogen) atoms. The lowest BCUT2D eigenvalue weighted by Crippen LogP contribution is -1.99. The highest BCUT2D eigenvalue weighted by Gasteiger charge is 2.27. The van der Waals surface area contributed by atoms with E-state index in [1.54, 1.807) is 12.4 Å². The van der Waals surface area contributed by atoms with E-state index in [-0.39, 0.29) is 0 Å². The van der Waals surface area contributed by atoms with Crippen LogP contribution in [0.4, 0.5) is 0 Å². The number of para-hydroxylation sites is 2. The molecule has 0 fully saturated rings. The molecular formula is C132H80N10S2. The topological polar surface area (TPSA) is 97.1 Å². The first kappa shape index (κ1) is 82.4. The van der Waals surface area contributed by atoms with Gasteiger partial charge in [0.1, 0.15) is 0 Å². The first-order valence-corrected chi connectivity index (χ1v) is 50.3. The molecule has 31 aromatic rings. The Bertz CT molecular complexity index is 10700. The molecule has 0 atom stereocenters. The predicted octanol–water partition coefficient (Wildman–Crippen LogP) is 35.5. The molecule has 0 spiro atoms. The van der Waals surface area contributed by atoms with Crippen LogP contribution in [0.5, 0.6) is 0 Å². The summed E-state index contributed by atoms with van der Waals surface area (Å²) in [5.41, 5.74) is 30.0. The van der Waals surface area contributed by atoms with Crippen molar-refractivity contribution in [3.63, 3.8) is 0 Å². The largest absolute Gasteiger partial charge is 0.309 e. The molecule has 0 unspecified atom stereocenters. The summed E-state index contributed by atoms with van der Waals surface area (Å²) < 4.78 is 14.9. The number of rotatable bonds is 10. The summed E-state index contributed by atoms with van der Waals surface area (Å²) in [6.45, 7) is 0. The maximum atomic E-state index is 5.35. The van der Waals surface area contributed by atoms with E-state index in [2.05, 4.69) is 465 Å². The molecule has 0 aliphatic rings. The van der Waals surface area contributed by atoms with Crippen LogP contribution in [0.1, 0.15) is 0 Å². The fourth-order valence-electron chi connectivity index (χ4n) is 22.5. The lowest BCUT2D eigenvalue weighted by Gasteiger charge is -2.13. The number of fused-ring (bicyclic) bond motifs is 27. The zero-order valence-electron chi connectivity index (χ0n) is 77.5. The highest BCUT2D eigenvalue weighted by atomic mass is 32.1. The summed E-state index contributed by atoms with van der Waals surface area (Å²) >= 11 is 3.75. The third kappa shape index (κ3) is 13.4. The Morgan fingerprint density at radius 3 is 1.10 bits per heavy atom. The van der Waals surface area contributed by atoms with Gasteiger partial charge in [0.05, 0.1) is 88.8 Å². The highest BCUT2D eigenvalue weighted by Crippen LogP contribution is 2.50. The van der Waals surface area contributed by atoms with E-state index in [9.17, 15) is 0 Å². The van der Waals surface area contributed by atoms with Crippen LogP contribution in [0.3, 0.4) is 0 Å². The molecule has 0 N–H and O–H groups in total. The molecule has 31 rings (SSSR count). The van der Waals surface area contributed by atoms with Crippen LogP contribution < -0.4 is 0 Å². The molecule has 0 aliphatic heterocycles. The van der Waals surface area contributed by atoms with Crippen molar-refractivity contribution in [2.24, 2.45) is 0 Å². The minimum absolute atomic E-state index is 0.721. The van der Waals surface area contributed by atoms with Gasteiger partial charge in [-0.25, -0.2) is 19.9 Å². The summed E-state index contributed by atoms with van der Waals surface area (Å²) in [6, 6.07) is 170. The fourth-order valence-corrected chi connectivity index (χ4v) is 24.9. The van der Waals surface area contributed by atoms with Crippen LogP contribution in [0.25, 0.3) is 283 Å². The molecule has 12 heteroatoms. The average molecular weight is 1870 g/mol. The van der Waals surface area contributed by atoms with Gasteiger partial charge in [0.25, 0.3) is 0 Å². The van der Waals surface area contributed by atoms with Crippen molar-refractivity contribution in [3.8, 4) is 90.2 Å². The minimum Gasteiger partial charge on any atom is -0.309 e. The van der Waals surface area contributed by atoms with Gasteiger partial charge in [-0.15, -0.1) is 22.7 Å². The maximum Gasteiger partial charge on any atom is 0.160 e. The minimum atomic E-state index is 0.721. The molecule has 0 radical (unpaired) electrons. The summed E-state index contributed by atoms with van der Waals surface area (Å²) in [6.07, 6.45) is 3.50. The first-order chi connectivity index (χ1) is 71.4. The van der Waals surface area contributed by atoms with Crippen molar-refractivity contribution < 1.29 is 0 Å². The van der Waals surface area contributed by atoms with Gasteiger partial charge in [-0.2, -0.15) is 0 Å². The standard InChI is InChI=1S/C48H30N4.C48H29N3S.C36H21N3S/c1-4-15-32(16-5-1)47-39-28-35(25-26-41(39)49-48(50-47)33-17-6-2-7-18-33)52-43-27-24-31-14-10-11-21-36(31)46(43)40-29-38-37-22-12-13-23-42(37)51(44(38)30-45(40)52)34-19-8-3-9-20-34;1-3-13-31(14-4-1)46-47(32-15-5-2-6-16-32)50-41-29-34(24-26-40(41)49-46)51-42-27-23-30-12-7-8-17-35(30)45(42)39-25-22-33(28-43(39)51)36-19-11-20-38-37-18-9-10-21-44(37)52-48(36)38;1-2-7-25-22(6-1)13-17-32-35(25)29-15-12-23(26-9-5-10-28-27-8-3-4-11-34(27)40-36(26)28)20-33(29)39(32)24-14-16-30-31(21-24)38-19-18-37-30/h1-30H;1-29H;1-21H. The smallest absolute Gasteiger partial charge is 0.160 e. The van der Waals surface area contributed by atoms with Gasteiger partial charge < -0.3 is 18.3 Å². The van der Waals surface area contributed by atoms with Gasteiger partial charge in [-0.3, -0.25) is 9.97 Å². The van der Waals surface area contributed by atoms with Crippen LogP contribution in [0, 0.1) is 0 Å². The second-order valence-electron chi connectivity index (χ2n) is 37.0. The molecule has 0 bridgehead atoms. The lowest BCUT2D eigenvalue weighted by molar-refractivity contribution is 1.16. The first-order valence-electron chi connectivity index (χ1n) is 48.7. The Kier molecular flexibility index (Phi) is 19.2. The van der Waals surface area contributed by atoms with Gasteiger partial charge in [-0.1, -0.05) is 346 Å². The zero-order valence-corrected chi connectivity index (χ0v) is 79.1. The third-order valence-electron chi connectivity index (χ3n) is 28.9. The Balaban J connectivity index is 0.000000104. The monoisotopic (exact) mass is 1870 g/mol. The van der Waals surface area contributed by atoms with E-state index in [0.29, 0.717) is 0 Å². The molecule has 9 aromatic heterocycles. The Labute approximate surface area is 833 Å². The number of hydrogen-bond acceptors (Lipinski definition) is 8. The second kappa shape index (κ2) is 33.5. The van der Waals surface area contributed by atoms with E-state index in [1.165, 1.54) is 177 Å². The predicted molar refractivity (Wildman–Crippen MR) is 607 cm³/mol. The SMILES string of the molecule is c1ccc(-c2nc(-c3ccccc3)c3cc(-n4c5cc6c(cc5c5c7ccccc7ccc54)c4ccccc4n6-c4ccccc4)ccc3n2)cc1.c1ccc(-c2nc3ccc(-n4c5cc(-c6cccc7c6sc6ccccc67)ccc5c5c6ccccc6ccc54)cc3nc2-c2ccccc2)cc1.c1ccc2c(c1)ccc1c2c2ccc(-c3cccc4c3sc3ccccc34)cc2n1-c1ccc2nccnc2c1. The van der Waals surface area contributed by atoms with Crippen LogP contribution in [-0.4, -0.2) is 48.2 Å². The van der Waals surface area contributed by atoms with Crippen LogP contribution in [0.15, 0.2) is 486 Å². The number of nitrogens with zero attached hydrogens (tertiary/aromatic N) is 10. The van der Waals surface area contributed by atoms with E-state index in [0.717, 1.165) is 106 Å². The lowest BCUT2D eigenvalue weighted by atomic mass is 10.00. The van der Waals surface area contributed by atoms with Gasteiger partial charge >= 0.3 is 0 Å². The van der Waals surface area contributed by atoms with E-state index >= 15 is 0 Å². The Morgan fingerprint density at radius 2 is 0.569 bits per heavy atom. The molecule has 0 amide bonds. The van der Waals surface area contributed by atoms with Crippen molar-refractivity contribution in [1.29, 1.82) is 0 Å². The van der Waals surface area contributed by atoms with Crippen LogP contribution in [0.2, 0.25) is 0 Å². The van der Waals surface area contributed by atoms with E-state index in [4.69, 9.17) is 19.9 Å². The fraction of sp³-hybridized carbons (Fsp3) is 0. The maximum absolute atomic E-state index is 5.35. The average Bonchev–Trinajstić information content (AvgIpc) is 1.55. The molecule has 10 nitrogen and oxygen atoms in total. The van der Waals surface area contributed by atoms with Crippen molar-refractivity contribution >= 4 is 216 Å². The molecule has 0 saturated heterocycles. The molecule has 0 aliphatic carbocycles. The molecule has 9 heterocycles.